The van der Waals surface area contributed by atoms with Gasteiger partial charge in [-0.3, -0.25) is 4.79 Å². The van der Waals surface area contributed by atoms with E-state index in [-0.39, 0.29) is 11.3 Å². The first-order chi connectivity index (χ1) is 6.41. The van der Waals surface area contributed by atoms with Gasteiger partial charge in [0.25, 0.3) is 0 Å². The molecule has 2 N–H and O–H groups in total. The number of carbonyl (C=O) groups excluding carboxylic acids is 1. The predicted molar refractivity (Wildman–Crippen MR) is 58.6 cm³/mol. The molecule has 0 aromatic carbocycles. The van der Waals surface area contributed by atoms with E-state index in [9.17, 15) is 4.79 Å². The van der Waals surface area contributed by atoms with Gasteiger partial charge in [-0.2, -0.15) is 0 Å². The highest BCUT2D eigenvalue weighted by molar-refractivity contribution is 5.92. The van der Waals surface area contributed by atoms with Gasteiger partial charge >= 0.3 is 0 Å². The van der Waals surface area contributed by atoms with Crippen molar-refractivity contribution in [2.24, 2.45) is 11.1 Å². The van der Waals surface area contributed by atoms with Crippen LogP contribution in [0.4, 0.5) is 0 Å². The van der Waals surface area contributed by atoms with Gasteiger partial charge in [-0.05, 0) is 17.4 Å². The van der Waals surface area contributed by atoms with Gasteiger partial charge in [0.2, 0.25) is 5.91 Å². The molecule has 0 bridgehead atoms. The minimum atomic E-state index is -0.332. The maximum atomic E-state index is 11.0. The molecule has 1 amide bonds. The smallest absolute Gasteiger partial charge is 0.244 e. The molecule has 1 aliphatic carbocycles. The predicted octanol–water partition coefficient (Wildman–Crippen LogP) is 2.33. The first-order valence-electron chi connectivity index (χ1n) is 4.79. The molecule has 0 unspecified atom stereocenters. The average Bonchev–Trinajstić information content (AvgIpc) is 2.26. The Morgan fingerprint density at radius 2 is 2.00 bits per heavy atom. The van der Waals surface area contributed by atoms with Crippen LogP contribution in [0.1, 0.15) is 27.2 Å². The van der Waals surface area contributed by atoms with Gasteiger partial charge in [-0.1, -0.05) is 45.1 Å². The van der Waals surface area contributed by atoms with E-state index in [0.717, 1.165) is 0 Å². The van der Waals surface area contributed by atoms with Crippen molar-refractivity contribution in [3.63, 3.8) is 0 Å². The number of carbonyl (C=O) groups is 1. The molecule has 0 radical (unpaired) electrons. The van der Waals surface area contributed by atoms with Crippen LogP contribution in [0.5, 0.6) is 0 Å². The zero-order chi connectivity index (χ0) is 10.8. The Kier molecular flexibility index (Phi) is 2.94. The Bertz CT molecular complexity index is 327. The van der Waals surface area contributed by atoms with Crippen LogP contribution in [-0.4, -0.2) is 5.91 Å². The van der Waals surface area contributed by atoms with Gasteiger partial charge < -0.3 is 5.73 Å². The van der Waals surface area contributed by atoms with Crippen LogP contribution in [0.25, 0.3) is 0 Å². The lowest BCUT2D eigenvalue weighted by Gasteiger charge is -2.19. The SMILES string of the molecule is CC(C)(C)C1=CC=C(C(N)=O)CC=C1. The third kappa shape index (κ3) is 2.59. The zero-order valence-electron chi connectivity index (χ0n) is 9.00. The Labute approximate surface area is 85.2 Å². The van der Waals surface area contributed by atoms with E-state index in [1.807, 2.05) is 18.2 Å². The number of hydrogen-bond donors (Lipinski definition) is 1. The second-order valence-corrected chi connectivity index (χ2v) is 4.53. The largest absolute Gasteiger partial charge is 0.366 e. The standard InChI is InChI=1S/C12H17NO/c1-12(2,3)10-6-4-5-9(7-8-10)11(13)14/h4,6-8H,5H2,1-3H3,(H2,13,14). The third-order valence-electron chi connectivity index (χ3n) is 2.28. The van der Waals surface area contributed by atoms with Crippen molar-refractivity contribution in [2.75, 3.05) is 0 Å². The monoisotopic (exact) mass is 191 g/mol. The summed E-state index contributed by atoms with van der Waals surface area (Å²) in [6.45, 7) is 6.44. The van der Waals surface area contributed by atoms with E-state index in [0.29, 0.717) is 12.0 Å². The normalized spacial score (nSPS) is 17.1. The summed E-state index contributed by atoms with van der Waals surface area (Å²) in [5.41, 5.74) is 7.22. The molecule has 76 valence electrons. The summed E-state index contributed by atoms with van der Waals surface area (Å²) in [6, 6.07) is 0. The minimum absolute atomic E-state index is 0.111. The van der Waals surface area contributed by atoms with Crippen molar-refractivity contribution in [2.45, 2.75) is 27.2 Å². The summed E-state index contributed by atoms with van der Waals surface area (Å²) >= 11 is 0. The molecule has 0 fully saturated rings. The van der Waals surface area contributed by atoms with Gasteiger partial charge in [0.05, 0.1) is 0 Å². The first-order valence-corrected chi connectivity index (χ1v) is 4.79. The lowest BCUT2D eigenvalue weighted by Crippen LogP contribution is -2.13. The molecular formula is C12H17NO. The average molecular weight is 191 g/mol. The molecular weight excluding hydrogens is 174 g/mol. The van der Waals surface area contributed by atoms with E-state index in [1.54, 1.807) is 0 Å². The van der Waals surface area contributed by atoms with Crippen molar-refractivity contribution in [3.8, 4) is 0 Å². The van der Waals surface area contributed by atoms with Crippen molar-refractivity contribution in [1.29, 1.82) is 0 Å². The highest BCUT2D eigenvalue weighted by atomic mass is 16.1. The molecule has 0 heterocycles. The second-order valence-electron chi connectivity index (χ2n) is 4.53. The highest BCUT2D eigenvalue weighted by Gasteiger charge is 2.15. The summed E-state index contributed by atoms with van der Waals surface area (Å²) in [7, 11) is 0. The van der Waals surface area contributed by atoms with E-state index in [2.05, 4.69) is 26.8 Å². The van der Waals surface area contributed by atoms with Crippen LogP contribution < -0.4 is 5.73 Å². The molecule has 0 saturated carbocycles. The summed E-state index contributed by atoms with van der Waals surface area (Å²) in [5, 5.41) is 0. The molecule has 0 aromatic heterocycles. The lowest BCUT2D eigenvalue weighted by molar-refractivity contribution is -0.114. The van der Waals surface area contributed by atoms with Crippen LogP contribution in [0.2, 0.25) is 0 Å². The Hall–Kier alpha value is -1.31. The molecule has 14 heavy (non-hydrogen) atoms. The number of amides is 1. The lowest BCUT2D eigenvalue weighted by atomic mass is 9.86. The van der Waals surface area contributed by atoms with Crippen molar-refractivity contribution < 1.29 is 4.79 Å². The molecule has 0 aliphatic heterocycles. The van der Waals surface area contributed by atoms with E-state index < -0.39 is 0 Å². The fourth-order valence-electron chi connectivity index (χ4n) is 1.31. The Morgan fingerprint density at radius 3 is 2.50 bits per heavy atom. The van der Waals surface area contributed by atoms with Gasteiger partial charge in [-0.15, -0.1) is 0 Å². The fraction of sp³-hybridized carbons (Fsp3) is 0.417. The van der Waals surface area contributed by atoms with Crippen LogP contribution in [0, 0.1) is 5.41 Å². The molecule has 2 heteroatoms. The third-order valence-corrected chi connectivity index (χ3v) is 2.28. The van der Waals surface area contributed by atoms with Crippen molar-refractivity contribution in [1.82, 2.24) is 0 Å². The van der Waals surface area contributed by atoms with Crippen LogP contribution in [0.15, 0.2) is 35.5 Å². The number of primary amides is 1. The molecule has 0 spiro atoms. The van der Waals surface area contributed by atoms with Gasteiger partial charge in [-0.25, -0.2) is 0 Å². The van der Waals surface area contributed by atoms with Crippen LogP contribution in [-0.2, 0) is 4.79 Å². The Balaban J connectivity index is 2.98. The molecule has 2 nitrogen and oxygen atoms in total. The van der Waals surface area contributed by atoms with E-state index in [4.69, 9.17) is 5.73 Å². The topological polar surface area (TPSA) is 43.1 Å². The maximum Gasteiger partial charge on any atom is 0.244 e. The van der Waals surface area contributed by atoms with Crippen LogP contribution in [0.3, 0.4) is 0 Å². The van der Waals surface area contributed by atoms with E-state index in [1.165, 1.54) is 5.57 Å². The fourth-order valence-corrected chi connectivity index (χ4v) is 1.31. The summed E-state index contributed by atoms with van der Waals surface area (Å²) in [4.78, 5) is 11.0. The molecule has 1 rings (SSSR count). The van der Waals surface area contributed by atoms with Gasteiger partial charge in [0.15, 0.2) is 0 Å². The minimum Gasteiger partial charge on any atom is -0.366 e. The molecule has 0 saturated heterocycles. The molecule has 0 aromatic rings. The summed E-state index contributed by atoms with van der Waals surface area (Å²) < 4.78 is 0. The second kappa shape index (κ2) is 3.82. The summed E-state index contributed by atoms with van der Waals surface area (Å²) in [6.07, 6.45) is 8.48. The number of rotatable bonds is 1. The van der Waals surface area contributed by atoms with Gasteiger partial charge in [0, 0.05) is 5.57 Å². The molecule has 0 atom stereocenters. The summed E-state index contributed by atoms with van der Waals surface area (Å²) in [5.74, 6) is -0.332. The maximum absolute atomic E-state index is 11.0. The number of hydrogen-bond acceptors (Lipinski definition) is 1. The Morgan fingerprint density at radius 1 is 1.36 bits per heavy atom. The highest BCUT2D eigenvalue weighted by Crippen LogP contribution is 2.28. The quantitative estimate of drug-likeness (QED) is 0.679. The van der Waals surface area contributed by atoms with Crippen molar-refractivity contribution in [3.05, 3.63) is 35.5 Å². The van der Waals surface area contributed by atoms with Crippen LogP contribution >= 0.6 is 0 Å². The van der Waals surface area contributed by atoms with Gasteiger partial charge in [0.1, 0.15) is 0 Å². The van der Waals surface area contributed by atoms with E-state index >= 15 is 0 Å². The molecule has 1 aliphatic rings. The van der Waals surface area contributed by atoms with Crippen molar-refractivity contribution >= 4 is 5.91 Å². The number of allylic oxidation sites excluding steroid dienone is 5. The zero-order valence-corrected chi connectivity index (χ0v) is 9.00. The number of nitrogens with two attached hydrogens (primary N) is 1. The first kappa shape index (κ1) is 10.8.